The minimum Gasteiger partial charge on any atom is -0.323 e. The second-order valence-corrected chi connectivity index (χ2v) is 5.20. The first-order valence-corrected chi connectivity index (χ1v) is 7.57. The molecule has 21 heavy (non-hydrogen) atoms. The number of nitrogens with one attached hydrogen (secondary N) is 1. The van der Waals surface area contributed by atoms with Gasteiger partial charge in [-0.2, -0.15) is 5.10 Å². The van der Waals surface area contributed by atoms with E-state index in [9.17, 15) is 4.79 Å². The maximum Gasteiger partial charge on any atom is 0.224 e. The molecule has 0 unspecified atom stereocenters. The molecule has 2 aromatic rings. The Kier molecular flexibility index (Phi) is 5.55. The van der Waals surface area contributed by atoms with E-state index in [1.807, 2.05) is 24.6 Å². The Labute approximate surface area is 126 Å². The molecule has 0 aliphatic carbocycles. The smallest absolute Gasteiger partial charge is 0.224 e. The Bertz CT molecular complexity index is 575. The fraction of sp³-hybridized carbons (Fsp3) is 0.412. The average molecular weight is 285 g/mol. The molecule has 1 amide bonds. The number of hydrogen-bond donors (Lipinski definition) is 1. The number of amides is 1. The molecule has 0 fully saturated rings. The second kappa shape index (κ2) is 7.62. The minimum absolute atomic E-state index is 0.0711. The largest absolute Gasteiger partial charge is 0.323 e. The first-order valence-electron chi connectivity index (χ1n) is 7.57. The van der Waals surface area contributed by atoms with Gasteiger partial charge in [0.1, 0.15) is 0 Å². The van der Waals surface area contributed by atoms with Crippen LogP contribution in [0.25, 0.3) is 0 Å². The molecule has 0 aliphatic rings. The van der Waals surface area contributed by atoms with Crippen molar-refractivity contribution in [2.45, 2.75) is 46.1 Å². The van der Waals surface area contributed by atoms with Gasteiger partial charge in [-0.3, -0.25) is 9.48 Å². The molecule has 0 spiro atoms. The quantitative estimate of drug-likeness (QED) is 0.791. The summed E-state index contributed by atoms with van der Waals surface area (Å²) in [6.07, 6.45) is 5.25. The van der Waals surface area contributed by atoms with Crippen LogP contribution in [0.5, 0.6) is 0 Å². The summed E-state index contributed by atoms with van der Waals surface area (Å²) in [5.74, 6) is 0.0711. The van der Waals surface area contributed by atoms with Crippen molar-refractivity contribution in [3.63, 3.8) is 0 Å². The Hall–Kier alpha value is -2.10. The van der Waals surface area contributed by atoms with Crippen molar-refractivity contribution in [1.82, 2.24) is 9.78 Å². The van der Waals surface area contributed by atoms with Crippen molar-refractivity contribution in [2.75, 3.05) is 5.32 Å². The Balaban J connectivity index is 1.71. The predicted molar refractivity (Wildman–Crippen MR) is 85.3 cm³/mol. The third kappa shape index (κ3) is 4.45. The van der Waals surface area contributed by atoms with Gasteiger partial charge in [0.25, 0.3) is 0 Å². The van der Waals surface area contributed by atoms with E-state index in [2.05, 4.69) is 34.7 Å². The number of nitrogens with zero attached hydrogens (tertiary/aromatic N) is 2. The van der Waals surface area contributed by atoms with E-state index in [0.717, 1.165) is 37.2 Å². The van der Waals surface area contributed by atoms with Crippen LogP contribution in [-0.2, 0) is 17.8 Å². The molecule has 0 saturated carbocycles. The van der Waals surface area contributed by atoms with E-state index in [-0.39, 0.29) is 5.91 Å². The molecule has 0 aliphatic heterocycles. The number of carbonyl (C=O) groups is 1. The fourth-order valence-electron chi connectivity index (χ4n) is 2.36. The molecule has 4 heteroatoms. The van der Waals surface area contributed by atoms with Gasteiger partial charge in [-0.1, -0.05) is 30.3 Å². The van der Waals surface area contributed by atoms with Gasteiger partial charge in [0.05, 0.1) is 17.6 Å². The van der Waals surface area contributed by atoms with Crippen LogP contribution < -0.4 is 5.32 Å². The van der Waals surface area contributed by atoms with Crippen LogP contribution in [0.3, 0.4) is 0 Å². The van der Waals surface area contributed by atoms with Gasteiger partial charge in [0, 0.05) is 13.0 Å². The molecule has 1 N–H and O–H groups in total. The predicted octanol–water partition coefficient (Wildman–Crippen LogP) is 3.56. The van der Waals surface area contributed by atoms with Crippen molar-refractivity contribution < 1.29 is 4.79 Å². The van der Waals surface area contributed by atoms with Crippen LogP contribution in [0.1, 0.15) is 37.4 Å². The number of rotatable bonds is 7. The van der Waals surface area contributed by atoms with E-state index in [1.54, 1.807) is 6.20 Å². The Morgan fingerprint density at radius 2 is 2.00 bits per heavy atom. The molecule has 0 saturated heterocycles. The molecule has 1 aromatic carbocycles. The summed E-state index contributed by atoms with van der Waals surface area (Å²) in [6.45, 7) is 4.83. The van der Waals surface area contributed by atoms with Crippen LogP contribution >= 0.6 is 0 Å². The van der Waals surface area contributed by atoms with E-state index in [1.165, 1.54) is 5.56 Å². The molecule has 1 aromatic heterocycles. The van der Waals surface area contributed by atoms with Crippen molar-refractivity contribution in [2.24, 2.45) is 0 Å². The summed E-state index contributed by atoms with van der Waals surface area (Å²) in [6, 6.07) is 10.4. The number of aryl methyl sites for hydroxylation is 2. The summed E-state index contributed by atoms with van der Waals surface area (Å²) in [7, 11) is 0. The maximum atomic E-state index is 11.9. The van der Waals surface area contributed by atoms with Gasteiger partial charge < -0.3 is 5.32 Å². The molecule has 112 valence electrons. The van der Waals surface area contributed by atoms with Crippen molar-refractivity contribution in [3.8, 4) is 0 Å². The Morgan fingerprint density at radius 1 is 1.24 bits per heavy atom. The minimum atomic E-state index is 0.0711. The highest BCUT2D eigenvalue weighted by atomic mass is 16.1. The number of carbonyl (C=O) groups excluding carboxylic acids is 1. The van der Waals surface area contributed by atoms with Crippen LogP contribution in [-0.4, -0.2) is 15.7 Å². The van der Waals surface area contributed by atoms with E-state index < -0.39 is 0 Å². The third-order valence-corrected chi connectivity index (χ3v) is 3.64. The first kappa shape index (κ1) is 15.3. The number of anilines is 1. The lowest BCUT2D eigenvalue weighted by molar-refractivity contribution is -0.116. The number of benzene rings is 1. The standard InChI is InChI=1S/C17H23N3O/c1-3-20-14(2)16(13-18-20)19-17(21)12-8-7-11-15-9-5-4-6-10-15/h4-6,9-10,13H,3,7-8,11-12H2,1-2H3,(H,19,21). The highest BCUT2D eigenvalue weighted by molar-refractivity contribution is 5.91. The van der Waals surface area contributed by atoms with Crippen molar-refractivity contribution >= 4 is 11.6 Å². The van der Waals surface area contributed by atoms with Gasteiger partial charge in [-0.25, -0.2) is 0 Å². The van der Waals surface area contributed by atoms with Crippen LogP contribution in [0.4, 0.5) is 5.69 Å². The summed E-state index contributed by atoms with van der Waals surface area (Å²) in [4.78, 5) is 11.9. The lowest BCUT2D eigenvalue weighted by atomic mass is 10.1. The number of aromatic nitrogens is 2. The molecule has 0 bridgehead atoms. The van der Waals surface area contributed by atoms with Gasteiger partial charge in [-0.15, -0.1) is 0 Å². The van der Waals surface area contributed by atoms with Crippen molar-refractivity contribution in [1.29, 1.82) is 0 Å². The first-order chi connectivity index (χ1) is 10.2. The third-order valence-electron chi connectivity index (χ3n) is 3.64. The molecule has 0 atom stereocenters. The number of hydrogen-bond acceptors (Lipinski definition) is 2. The zero-order valence-electron chi connectivity index (χ0n) is 12.8. The monoisotopic (exact) mass is 285 g/mol. The highest BCUT2D eigenvalue weighted by Crippen LogP contribution is 2.14. The molecular formula is C17H23N3O. The SMILES string of the molecule is CCn1ncc(NC(=O)CCCCc2ccccc2)c1C. The van der Waals surface area contributed by atoms with Crippen LogP contribution in [0, 0.1) is 6.92 Å². The molecule has 0 radical (unpaired) electrons. The second-order valence-electron chi connectivity index (χ2n) is 5.20. The molecule has 1 heterocycles. The van der Waals surface area contributed by atoms with Gasteiger partial charge in [0.2, 0.25) is 5.91 Å². The van der Waals surface area contributed by atoms with Gasteiger partial charge >= 0.3 is 0 Å². The highest BCUT2D eigenvalue weighted by Gasteiger charge is 2.08. The normalized spacial score (nSPS) is 10.6. The summed E-state index contributed by atoms with van der Waals surface area (Å²) in [5, 5.41) is 7.17. The van der Waals surface area contributed by atoms with Crippen molar-refractivity contribution in [3.05, 3.63) is 47.8 Å². The molecule has 2 rings (SSSR count). The molecular weight excluding hydrogens is 262 g/mol. The summed E-state index contributed by atoms with van der Waals surface area (Å²) in [5.41, 5.74) is 3.16. The van der Waals surface area contributed by atoms with Gasteiger partial charge in [0.15, 0.2) is 0 Å². The van der Waals surface area contributed by atoms with Crippen LogP contribution in [0.2, 0.25) is 0 Å². The Morgan fingerprint density at radius 3 is 2.67 bits per heavy atom. The van der Waals surface area contributed by atoms with Crippen LogP contribution in [0.15, 0.2) is 36.5 Å². The fourth-order valence-corrected chi connectivity index (χ4v) is 2.36. The van der Waals surface area contributed by atoms with Gasteiger partial charge in [-0.05, 0) is 38.7 Å². The maximum absolute atomic E-state index is 11.9. The van der Waals surface area contributed by atoms with E-state index >= 15 is 0 Å². The summed E-state index contributed by atoms with van der Waals surface area (Å²) >= 11 is 0. The van der Waals surface area contributed by atoms with E-state index in [0.29, 0.717) is 6.42 Å². The topological polar surface area (TPSA) is 46.9 Å². The number of unbranched alkanes of at least 4 members (excludes halogenated alkanes) is 1. The molecule has 4 nitrogen and oxygen atoms in total. The zero-order chi connectivity index (χ0) is 15.1. The average Bonchev–Trinajstić information content (AvgIpc) is 2.85. The zero-order valence-corrected chi connectivity index (χ0v) is 12.8. The van der Waals surface area contributed by atoms with E-state index in [4.69, 9.17) is 0 Å². The summed E-state index contributed by atoms with van der Waals surface area (Å²) < 4.78 is 1.88. The lowest BCUT2D eigenvalue weighted by Crippen LogP contribution is -2.12. The lowest BCUT2D eigenvalue weighted by Gasteiger charge is -2.05.